The molecule has 1 aromatic rings. The monoisotopic (exact) mass is 266 g/mol. The van der Waals surface area contributed by atoms with Crippen LogP contribution in [0, 0.1) is 5.92 Å². The van der Waals surface area contributed by atoms with Crippen molar-refractivity contribution in [1.29, 1.82) is 0 Å². The van der Waals surface area contributed by atoms with Crippen molar-refractivity contribution in [1.82, 2.24) is 4.90 Å². The van der Waals surface area contributed by atoms with E-state index in [1.54, 1.807) is 0 Å². The average Bonchev–Trinajstić information content (AvgIpc) is 2.86. The Morgan fingerprint density at radius 2 is 2.00 bits per heavy atom. The summed E-state index contributed by atoms with van der Waals surface area (Å²) in [6.07, 6.45) is 3.91. The molecule has 18 heavy (non-hydrogen) atoms. The van der Waals surface area contributed by atoms with Gasteiger partial charge in [0.25, 0.3) is 0 Å². The number of nitrogens with zero attached hydrogens (tertiary/aromatic N) is 1. The first kappa shape index (κ1) is 13.9. The van der Waals surface area contributed by atoms with Crippen molar-refractivity contribution in [2.24, 2.45) is 11.7 Å². The van der Waals surface area contributed by atoms with Crippen molar-refractivity contribution in [3.63, 3.8) is 0 Å². The zero-order valence-corrected chi connectivity index (χ0v) is 11.9. The van der Waals surface area contributed by atoms with E-state index in [2.05, 4.69) is 24.0 Å². The van der Waals surface area contributed by atoms with Gasteiger partial charge in [-0.15, -0.1) is 0 Å². The third-order valence-electron chi connectivity index (χ3n) is 4.10. The highest BCUT2D eigenvalue weighted by molar-refractivity contribution is 6.30. The van der Waals surface area contributed by atoms with Crippen LogP contribution in [0.5, 0.6) is 0 Å². The second kappa shape index (κ2) is 6.55. The molecular weight excluding hydrogens is 244 g/mol. The van der Waals surface area contributed by atoms with Crippen LogP contribution in [0.4, 0.5) is 0 Å². The van der Waals surface area contributed by atoms with E-state index in [1.165, 1.54) is 24.8 Å². The summed E-state index contributed by atoms with van der Waals surface area (Å²) in [5.41, 5.74) is 7.22. The number of benzene rings is 1. The summed E-state index contributed by atoms with van der Waals surface area (Å²) in [5, 5.41) is 0.808. The average molecular weight is 267 g/mol. The molecule has 0 spiro atoms. The molecule has 0 saturated heterocycles. The van der Waals surface area contributed by atoms with E-state index in [9.17, 15) is 0 Å². The van der Waals surface area contributed by atoms with Gasteiger partial charge in [-0.2, -0.15) is 0 Å². The predicted octanol–water partition coefficient (Wildman–Crippen LogP) is 3.29. The molecule has 0 aromatic heterocycles. The SMILES string of the molecule is CCN(Cc1ccc(Cl)cc1)C1CCCC1CN. The van der Waals surface area contributed by atoms with Crippen LogP contribution in [-0.4, -0.2) is 24.0 Å². The van der Waals surface area contributed by atoms with Crippen molar-refractivity contribution >= 4 is 11.6 Å². The number of hydrogen-bond acceptors (Lipinski definition) is 2. The maximum absolute atomic E-state index is 5.92. The van der Waals surface area contributed by atoms with Gasteiger partial charge in [-0.25, -0.2) is 0 Å². The molecule has 0 heterocycles. The fourth-order valence-corrected chi connectivity index (χ4v) is 3.19. The Labute approximate surface area is 115 Å². The van der Waals surface area contributed by atoms with Crippen molar-refractivity contribution in [2.45, 2.75) is 38.8 Å². The minimum absolute atomic E-state index is 0.663. The molecule has 1 aliphatic carbocycles. The van der Waals surface area contributed by atoms with Gasteiger partial charge in [0.1, 0.15) is 0 Å². The van der Waals surface area contributed by atoms with Gasteiger partial charge >= 0.3 is 0 Å². The highest BCUT2D eigenvalue weighted by Crippen LogP contribution is 2.30. The smallest absolute Gasteiger partial charge is 0.0406 e. The molecule has 3 heteroatoms. The summed E-state index contributed by atoms with van der Waals surface area (Å²) in [5.74, 6) is 0.678. The summed E-state index contributed by atoms with van der Waals surface area (Å²) in [6.45, 7) is 5.15. The van der Waals surface area contributed by atoms with Gasteiger partial charge in [-0.3, -0.25) is 4.90 Å². The number of nitrogens with two attached hydrogens (primary N) is 1. The van der Waals surface area contributed by atoms with E-state index in [1.807, 2.05) is 12.1 Å². The maximum atomic E-state index is 5.92. The van der Waals surface area contributed by atoms with Gasteiger partial charge in [0, 0.05) is 17.6 Å². The molecule has 0 aliphatic heterocycles. The lowest BCUT2D eigenvalue weighted by molar-refractivity contribution is 0.162. The second-order valence-corrected chi connectivity index (χ2v) is 5.62. The summed E-state index contributed by atoms with van der Waals surface area (Å²) >= 11 is 5.92. The molecule has 2 nitrogen and oxygen atoms in total. The molecule has 2 N–H and O–H groups in total. The van der Waals surface area contributed by atoms with Gasteiger partial charge in [0.2, 0.25) is 0 Å². The van der Waals surface area contributed by atoms with E-state index in [4.69, 9.17) is 17.3 Å². The van der Waals surface area contributed by atoms with Crippen molar-refractivity contribution in [2.75, 3.05) is 13.1 Å². The first-order chi connectivity index (χ1) is 8.74. The Bertz CT molecular complexity index is 363. The molecule has 1 aliphatic rings. The van der Waals surface area contributed by atoms with Crippen LogP contribution in [0.15, 0.2) is 24.3 Å². The Hall–Kier alpha value is -0.570. The topological polar surface area (TPSA) is 29.3 Å². The van der Waals surface area contributed by atoms with Crippen molar-refractivity contribution < 1.29 is 0 Å². The molecule has 0 radical (unpaired) electrons. The predicted molar refractivity (Wildman–Crippen MR) is 77.7 cm³/mol. The van der Waals surface area contributed by atoms with Crippen LogP contribution in [0.25, 0.3) is 0 Å². The van der Waals surface area contributed by atoms with E-state index < -0.39 is 0 Å². The van der Waals surface area contributed by atoms with Crippen LogP contribution >= 0.6 is 11.6 Å². The van der Waals surface area contributed by atoms with Gasteiger partial charge < -0.3 is 5.73 Å². The quantitative estimate of drug-likeness (QED) is 0.886. The number of halogens is 1. The van der Waals surface area contributed by atoms with Gasteiger partial charge in [0.05, 0.1) is 0 Å². The normalized spacial score (nSPS) is 23.8. The van der Waals surface area contributed by atoms with Crippen molar-refractivity contribution in [3.8, 4) is 0 Å². The maximum Gasteiger partial charge on any atom is 0.0406 e. The third kappa shape index (κ3) is 3.25. The zero-order chi connectivity index (χ0) is 13.0. The molecule has 2 unspecified atom stereocenters. The van der Waals surface area contributed by atoms with Crippen LogP contribution in [0.3, 0.4) is 0 Å². The minimum Gasteiger partial charge on any atom is -0.330 e. The molecule has 0 bridgehead atoms. The van der Waals surface area contributed by atoms with Crippen LogP contribution in [0.2, 0.25) is 5.02 Å². The first-order valence-electron chi connectivity index (χ1n) is 6.93. The summed E-state index contributed by atoms with van der Waals surface area (Å²) in [6, 6.07) is 8.85. The highest BCUT2D eigenvalue weighted by Gasteiger charge is 2.30. The van der Waals surface area contributed by atoms with E-state index in [0.717, 1.165) is 24.7 Å². The zero-order valence-electron chi connectivity index (χ0n) is 11.1. The van der Waals surface area contributed by atoms with Crippen molar-refractivity contribution in [3.05, 3.63) is 34.9 Å². The van der Waals surface area contributed by atoms with Gasteiger partial charge in [-0.05, 0) is 49.5 Å². The Kier molecular flexibility index (Phi) is 5.04. The second-order valence-electron chi connectivity index (χ2n) is 5.18. The summed E-state index contributed by atoms with van der Waals surface area (Å²) in [4.78, 5) is 2.56. The first-order valence-corrected chi connectivity index (χ1v) is 7.31. The van der Waals surface area contributed by atoms with Crippen LogP contribution < -0.4 is 5.73 Å². The van der Waals surface area contributed by atoms with Crippen LogP contribution in [0.1, 0.15) is 31.7 Å². The fourth-order valence-electron chi connectivity index (χ4n) is 3.06. The molecule has 2 atom stereocenters. The standard InChI is InChI=1S/C15H23ClN2/c1-2-18(15-5-3-4-13(15)10-17)11-12-6-8-14(16)9-7-12/h6-9,13,15H,2-5,10-11,17H2,1H3. The number of rotatable bonds is 5. The molecule has 1 saturated carbocycles. The highest BCUT2D eigenvalue weighted by atomic mass is 35.5. The lowest BCUT2D eigenvalue weighted by Gasteiger charge is -2.31. The Balaban J connectivity index is 2.02. The minimum atomic E-state index is 0.663. The molecule has 100 valence electrons. The number of hydrogen-bond donors (Lipinski definition) is 1. The molecule has 0 amide bonds. The third-order valence-corrected chi connectivity index (χ3v) is 4.35. The summed E-state index contributed by atoms with van der Waals surface area (Å²) < 4.78 is 0. The van der Waals surface area contributed by atoms with Crippen LogP contribution in [-0.2, 0) is 6.54 Å². The molecule has 1 fully saturated rings. The largest absolute Gasteiger partial charge is 0.330 e. The lowest BCUT2D eigenvalue weighted by Crippen LogP contribution is -2.39. The summed E-state index contributed by atoms with van der Waals surface area (Å²) in [7, 11) is 0. The lowest BCUT2D eigenvalue weighted by atomic mass is 10.0. The Morgan fingerprint density at radius 3 is 2.61 bits per heavy atom. The van der Waals surface area contributed by atoms with E-state index in [-0.39, 0.29) is 0 Å². The van der Waals surface area contributed by atoms with Gasteiger partial charge in [0.15, 0.2) is 0 Å². The van der Waals surface area contributed by atoms with E-state index >= 15 is 0 Å². The van der Waals surface area contributed by atoms with Gasteiger partial charge in [-0.1, -0.05) is 37.1 Å². The fraction of sp³-hybridized carbons (Fsp3) is 0.600. The molecule has 2 rings (SSSR count). The Morgan fingerprint density at radius 1 is 1.28 bits per heavy atom. The molecular formula is C15H23ClN2. The molecule has 1 aromatic carbocycles. The van der Waals surface area contributed by atoms with E-state index in [0.29, 0.717) is 12.0 Å².